The van der Waals surface area contributed by atoms with Gasteiger partial charge in [-0.3, -0.25) is 14.4 Å². The minimum Gasteiger partial charge on any atom is -0.482 e. The third kappa shape index (κ3) is 3.92. The molecule has 2 heterocycles. The second-order valence-corrected chi connectivity index (χ2v) is 6.46. The molecule has 0 aliphatic carbocycles. The maximum Gasteiger partial charge on any atom is 0.265 e. The molecule has 2 aliphatic heterocycles. The molecular formula is C18H23N3O4. The molecular weight excluding hydrogens is 322 g/mol. The van der Waals surface area contributed by atoms with E-state index in [0.29, 0.717) is 51.1 Å². The minimum atomic E-state index is -0.281. The number of benzene rings is 1. The summed E-state index contributed by atoms with van der Waals surface area (Å²) in [6.45, 7) is 1.67. The average molecular weight is 345 g/mol. The van der Waals surface area contributed by atoms with E-state index in [-0.39, 0.29) is 30.2 Å². The first-order valence-corrected chi connectivity index (χ1v) is 8.65. The summed E-state index contributed by atoms with van der Waals surface area (Å²) in [4.78, 5) is 39.1. The second kappa shape index (κ2) is 7.55. The fourth-order valence-corrected chi connectivity index (χ4v) is 3.36. The molecule has 1 fully saturated rings. The van der Waals surface area contributed by atoms with Crippen LogP contribution in [0.1, 0.15) is 25.7 Å². The Morgan fingerprint density at radius 2 is 1.92 bits per heavy atom. The number of amides is 3. The fourth-order valence-electron chi connectivity index (χ4n) is 3.36. The van der Waals surface area contributed by atoms with E-state index in [9.17, 15) is 14.4 Å². The van der Waals surface area contributed by atoms with E-state index >= 15 is 0 Å². The SMILES string of the molecule is NC(=O)C1CCN(C(=O)CCCN2C(=O)COc3ccccc32)CC1. The van der Waals surface area contributed by atoms with Gasteiger partial charge in [-0.1, -0.05) is 12.1 Å². The smallest absolute Gasteiger partial charge is 0.265 e. The first kappa shape index (κ1) is 17.3. The zero-order chi connectivity index (χ0) is 17.8. The van der Waals surface area contributed by atoms with Crippen molar-refractivity contribution in [2.24, 2.45) is 11.7 Å². The number of rotatable bonds is 5. The van der Waals surface area contributed by atoms with Gasteiger partial charge in [-0.2, -0.15) is 0 Å². The van der Waals surface area contributed by atoms with Gasteiger partial charge in [0.2, 0.25) is 11.8 Å². The van der Waals surface area contributed by atoms with Gasteiger partial charge in [0, 0.05) is 32.0 Å². The molecule has 25 heavy (non-hydrogen) atoms. The molecule has 0 radical (unpaired) electrons. The summed E-state index contributed by atoms with van der Waals surface area (Å²) < 4.78 is 5.41. The van der Waals surface area contributed by atoms with Gasteiger partial charge in [-0.25, -0.2) is 0 Å². The van der Waals surface area contributed by atoms with Crippen LogP contribution in [-0.4, -0.2) is 48.9 Å². The Balaban J connectivity index is 1.49. The predicted molar refractivity (Wildman–Crippen MR) is 92.0 cm³/mol. The molecule has 1 aromatic carbocycles. The van der Waals surface area contributed by atoms with Crippen molar-refractivity contribution < 1.29 is 19.1 Å². The normalized spacial score (nSPS) is 17.8. The molecule has 0 spiro atoms. The topological polar surface area (TPSA) is 92.9 Å². The summed E-state index contributed by atoms with van der Waals surface area (Å²) in [6, 6.07) is 7.42. The molecule has 0 atom stereocenters. The fraction of sp³-hybridized carbons (Fsp3) is 0.500. The summed E-state index contributed by atoms with van der Waals surface area (Å²) in [5, 5.41) is 0. The van der Waals surface area contributed by atoms with Crippen molar-refractivity contribution in [1.82, 2.24) is 4.90 Å². The molecule has 3 rings (SSSR count). The predicted octanol–water partition coefficient (Wildman–Crippen LogP) is 0.916. The molecule has 2 aliphatic rings. The maximum absolute atomic E-state index is 12.3. The molecule has 0 aromatic heterocycles. The van der Waals surface area contributed by atoms with Crippen molar-refractivity contribution in [1.29, 1.82) is 0 Å². The van der Waals surface area contributed by atoms with Crippen LogP contribution in [0, 0.1) is 5.92 Å². The van der Waals surface area contributed by atoms with Crippen LogP contribution in [0.4, 0.5) is 5.69 Å². The number of hydrogen-bond donors (Lipinski definition) is 1. The van der Waals surface area contributed by atoms with Crippen molar-refractivity contribution in [3.63, 3.8) is 0 Å². The van der Waals surface area contributed by atoms with Gasteiger partial charge in [0.1, 0.15) is 5.75 Å². The summed E-state index contributed by atoms with van der Waals surface area (Å²) in [5.41, 5.74) is 6.07. The summed E-state index contributed by atoms with van der Waals surface area (Å²) >= 11 is 0. The highest BCUT2D eigenvalue weighted by atomic mass is 16.5. The van der Waals surface area contributed by atoms with Gasteiger partial charge in [-0.15, -0.1) is 0 Å². The van der Waals surface area contributed by atoms with E-state index in [1.54, 1.807) is 9.80 Å². The van der Waals surface area contributed by atoms with E-state index in [4.69, 9.17) is 10.5 Å². The van der Waals surface area contributed by atoms with E-state index in [1.807, 2.05) is 24.3 Å². The first-order chi connectivity index (χ1) is 12.1. The van der Waals surface area contributed by atoms with Crippen molar-refractivity contribution >= 4 is 23.4 Å². The van der Waals surface area contributed by atoms with Gasteiger partial charge in [0.15, 0.2) is 6.61 Å². The quantitative estimate of drug-likeness (QED) is 0.859. The van der Waals surface area contributed by atoms with E-state index < -0.39 is 0 Å². The van der Waals surface area contributed by atoms with E-state index in [1.165, 1.54) is 0 Å². The number of anilines is 1. The van der Waals surface area contributed by atoms with Crippen LogP contribution in [0.25, 0.3) is 0 Å². The molecule has 7 heteroatoms. The highest BCUT2D eigenvalue weighted by molar-refractivity contribution is 5.97. The molecule has 0 bridgehead atoms. The molecule has 0 unspecified atom stereocenters. The number of likely N-dealkylation sites (tertiary alicyclic amines) is 1. The average Bonchev–Trinajstić information content (AvgIpc) is 2.63. The Bertz CT molecular complexity index is 668. The van der Waals surface area contributed by atoms with Crippen LogP contribution in [-0.2, 0) is 14.4 Å². The van der Waals surface area contributed by atoms with E-state index in [2.05, 4.69) is 0 Å². The number of carbonyl (C=O) groups excluding carboxylic acids is 3. The number of nitrogens with two attached hydrogens (primary N) is 1. The van der Waals surface area contributed by atoms with Gasteiger partial charge in [-0.05, 0) is 31.4 Å². The van der Waals surface area contributed by atoms with Crippen molar-refractivity contribution in [3.8, 4) is 5.75 Å². The summed E-state index contributed by atoms with van der Waals surface area (Å²) in [6.07, 6.45) is 2.25. The number of para-hydroxylation sites is 2. The second-order valence-electron chi connectivity index (χ2n) is 6.46. The van der Waals surface area contributed by atoms with Gasteiger partial charge >= 0.3 is 0 Å². The molecule has 134 valence electrons. The van der Waals surface area contributed by atoms with Gasteiger partial charge in [0.05, 0.1) is 5.69 Å². The first-order valence-electron chi connectivity index (χ1n) is 8.65. The van der Waals surface area contributed by atoms with Gasteiger partial charge < -0.3 is 20.3 Å². The lowest BCUT2D eigenvalue weighted by molar-refractivity contribution is -0.135. The van der Waals surface area contributed by atoms with E-state index in [0.717, 1.165) is 5.69 Å². The largest absolute Gasteiger partial charge is 0.482 e. The molecule has 3 amide bonds. The van der Waals surface area contributed by atoms with Crippen LogP contribution < -0.4 is 15.4 Å². The lowest BCUT2D eigenvalue weighted by atomic mass is 9.96. The Morgan fingerprint density at radius 1 is 1.20 bits per heavy atom. The zero-order valence-corrected chi connectivity index (χ0v) is 14.1. The van der Waals surface area contributed by atoms with Crippen molar-refractivity contribution in [2.75, 3.05) is 31.1 Å². The number of piperidine rings is 1. The standard InChI is InChI=1S/C18H23N3O4/c19-18(24)13-7-10-20(11-8-13)16(22)6-3-9-21-14-4-1-2-5-15(14)25-12-17(21)23/h1-2,4-5,13H,3,6-12H2,(H2,19,24). The lowest BCUT2D eigenvalue weighted by Crippen LogP contribution is -2.42. The number of ether oxygens (including phenoxy) is 1. The monoisotopic (exact) mass is 345 g/mol. The number of carbonyl (C=O) groups is 3. The highest BCUT2D eigenvalue weighted by Crippen LogP contribution is 2.31. The third-order valence-electron chi connectivity index (χ3n) is 4.83. The van der Waals surface area contributed by atoms with Crippen LogP contribution in [0.15, 0.2) is 24.3 Å². The zero-order valence-electron chi connectivity index (χ0n) is 14.1. The minimum absolute atomic E-state index is 0.0333. The Kier molecular flexibility index (Phi) is 5.21. The highest BCUT2D eigenvalue weighted by Gasteiger charge is 2.27. The van der Waals surface area contributed by atoms with Gasteiger partial charge in [0.25, 0.3) is 5.91 Å². The number of fused-ring (bicyclic) bond motifs is 1. The van der Waals surface area contributed by atoms with Crippen LogP contribution in [0.2, 0.25) is 0 Å². The third-order valence-corrected chi connectivity index (χ3v) is 4.83. The van der Waals surface area contributed by atoms with Crippen LogP contribution >= 0.6 is 0 Å². The molecule has 7 nitrogen and oxygen atoms in total. The molecule has 1 aromatic rings. The Labute approximate surface area is 146 Å². The number of hydrogen-bond acceptors (Lipinski definition) is 4. The summed E-state index contributed by atoms with van der Waals surface area (Å²) in [7, 11) is 0. The van der Waals surface area contributed by atoms with Crippen LogP contribution in [0.3, 0.4) is 0 Å². The van der Waals surface area contributed by atoms with Crippen molar-refractivity contribution in [3.05, 3.63) is 24.3 Å². The molecule has 2 N–H and O–H groups in total. The Morgan fingerprint density at radius 3 is 2.64 bits per heavy atom. The molecule has 0 saturated carbocycles. The Hall–Kier alpha value is -2.57. The van der Waals surface area contributed by atoms with Crippen LogP contribution in [0.5, 0.6) is 5.75 Å². The van der Waals surface area contributed by atoms with Crippen molar-refractivity contribution in [2.45, 2.75) is 25.7 Å². The number of primary amides is 1. The number of nitrogens with zero attached hydrogens (tertiary/aromatic N) is 2. The summed E-state index contributed by atoms with van der Waals surface area (Å²) in [5.74, 6) is 0.274. The maximum atomic E-state index is 12.3. The lowest BCUT2D eigenvalue weighted by Gasteiger charge is -2.31. The molecule has 1 saturated heterocycles.